The molecule has 4 rings (SSSR count). The van der Waals surface area contributed by atoms with E-state index in [1.165, 1.54) is 4.88 Å². The minimum Gasteiger partial charge on any atom is -0.497 e. The van der Waals surface area contributed by atoms with Gasteiger partial charge in [-0.1, -0.05) is 18.2 Å². The molecule has 29 heavy (non-hydrogen) atoms. The molecule has 2 fully saturated rings. The number of rotatable bonds is 6. The van der Waals surface area contributed by atoms with Crippen LogP contribution in [-0.2, 0) is 25.1 Å². The highest BCUT2D eigenvalue weighted by molar-refractivity contribution is 7.10. The van der Waals surface area contributed by atoms with E-state index in [0.717, 1.165) is 37.4 Å². The van der Waals surface area contributed by atoms with Crippen LogP contribution in [0, 0.1) is 0 Å². The molecule has 156 valence electrons. The maximum Gasteiger partial charge on any atom is 0.230 e. The van der Waals surface area contributed by atoms with Crippen molar-refractivity contribution < 1.29 is 19.0 Å². The molecule has 2 saturated heterocycles. The van der Waals surface area contributed by atoms with Crippen LogP contribution < -0.4 is 10.1 Å². The molecule has 6 heteroatoms. The lowest BCUT2D eigenvalue weighted by atomic mass is 9.72. The van der Waals surface area contributed by atoms with Gasteiger partial charge in [0.2, 0.25) is 5.91 Å². The molecule has 5 nitrogen and oxygen atoms in total. The first-order chi connectivity index (χ1) is 14.2. The first-order valence-corrected chi connectivity index (χ1v) is 11.2. The summed E-state index contributed by atoms with van der Waals surface area (Å²) in [4.78, 5) is 14.9. The predicted molar refractivity (Wildman–Crippen MR) is 114 cm³/mol. The van der Waals surface area contributed by atoms with Gasteiger partial charge in [-0.2, -0.15) is 0 Å². The molecule has 0 radical (unpaired) electrons. The second-order valence-corrected chi connectivity index (χ2v) is 8.92. The van der Waals surface area contributed by atoms with Crippen molar-refractivity contribution in [3.63, 3.8) is 0 Å². The first-order valence-electron chi connectivity index (χ1n) is 10.3. The molecular weight excluding hydrogens is 386 g/mol. The van der Waals surface area contributed by atoms with E-state index < -0.39 is 5.41 Å². The Bertz CT molecular complexity index is 791. The molecule has 1 aromatic carbocycles. The van der Waals surface area contributed by atoms with Crippen molar-refractivity contribution in [1.29, 1.82) is 0 Å². The summed E-state index contributed by atoms with van der Waals surface area (Å²) < 4.78 is 16.5. The quantitative estimate of drug-likeness (QED) is 0.782. The van der Waals surface area contributed by atoms with Crippen molar-refractivity contribution in [2.45, 2.75) is 36.5 Å². The van der Waals surface area contributed by atoms with Gasteiger partial charge in [-0.25, -0.2) is 0 Å². The minimum absolute atomic E-state index is 0.0334. The zero-order valence-corrected chi connectivity index (χ0v) is 17.8. The minimum atomic E-state index is -0.549. The molecule has 0 spiro atoms. The zero-order valence-electron chi connectivity index (χ0n) is 16.9. The van der Waals surface area contributed by atoms with Crippen molar-refractivity contribution in [3.05, 3.63) is 52.2 Å². The SMILES string of the molecule is COc1ccc(C2(C(=O)NCC3(c4cccs4)CCOCC3)CCOCC2)cc1. The monoisotopic (exact) mass is 415 g/mol. The second kappa shape index (κ2) is 8.86. The number of nitrogens with one attached hydrogen (secondary N) is 1. The summed E-state index contributed by atoms with van der Waals surface area (Å²) in [6.45, 7) is 3.33. The van der Waals surface area contributed by atoms with E-state index in [4.69, 9.17) is 14.2 Å². The highest BCUT2D eigenvalue weighted by atomic mass is 32.1. The molecular formula is C23H29NO4S. The Morgan fingerprint density at radius 2 is 1.69 bits per heavy atom. The van der Waals surface area contributed by atoms with E-state index >= 15 is 0 Å². The summed E-state index contributed by atoms with van der Waals surface area (Å²) in [6.07, 6.45) is 3.26. The fraction of sp³-hybridized carbons (Fsp3) is 0.522. The molecule has 0 saturated carbocycles. The van der Waals surface area contributed by atoms with Gasteiger partial charge in [0, 0.05) is 43.3 Å². The van der Waals surface area contributed by atoms with Gasteiger partial charge >= 0.3 is 0 Å². The van der Waals surface area contributed by atoms with Crippen LogP contribution in [0.4, 0.5) is 0 Å². The van der Waals surface area contributed by atoms with Gasteiger partial charge < -0.3 is 19.5 Å². The summed E-state index contributed by atoms with van der Waals surface area (Å²) in [7, 11) is 1.66. The molecule has 0 atom stereocenters. The van der Waals surface area contributed by atoms with Crippen LogP contribution in [-0.4, -0.2) is 46.0 Å². The van der Waals surface area contributed by atoms with E-state index in [1.807, 2.05) is 24.3 Å². The van der Waals surface area contributed by atoms with Crippen LogP contribution in [0.2, 0.25) is 0 Å². The number of carbonyl (C=O) groups is 1. The highest BCUT2D eigenvalue weighted by Crippen LogP contribution is 2.39. The molecule has 1 aromatic heterocycles. The Hall–Kier alpha value is -1.89. The Labute approximate surface area is 176 Å². The second-order valence-electron chi connectivity index (χ2n) is 7.98. The number of hydrogen-bond acceptors (Lipinski definition) is 5. The van der Waals surface area contributed by atoms with E-state index in [2.05, 4.69) is 22.8 Å². The summed E-state index contributed by atoms with van der Waals surface area (Å²) >= 11 is 1.77. The molecule has 1 amide bonds. The van der Waals surface area contributed by atoms with E-state index in [-0.39, 0.29) is 11.3 Å². The van der Waals surface area contributed by atoms with Gasteiger partial charge in [-0.05, 0) is 54.8 Å². The van der Waals surface area contributed by atoms with Gasteiger partial charge in [0.1, 0.15) is 5.75 Å². The first kappa shape index (κ1) is 20.4. The number of thiophene rings is 1. The molecule has 1 N–H and O–H groups in total. The van der Waals surface area contributed by atoms with Crippen LogP contribution in [0.5, 0.6) is 5.75 Å². The Balaban J connectivity index is 1.56. The normalized spacial score (nSPS) is 20.7. The van der Waals surface area contributed by atoms with Gasteiger partial charge in [0.15, 0.2) is 0 Å². The molecule has 2 aromatic rings. The van der Waals surface area contributed by atoms with Gasteiger partial charge in [0.05, 0.1) is 12.5 Å². The maximum atomic E-state index is 13.6. The van der Waals surface area contributed by atoms with Gasteiger partial charge in [0.25, 0.3) is 0 Å². The summed E-state index contributed by atoms with van der Waals surface area (Å²) in [5, 5.41) is 5.46. The highest BCUT2D eigenvalue weighted by Gasteiger charge is 2.43. The van der Waals surface area contributed by atoms with Crippen LogP contribution in [0.1, 0.15) is 36.1 Å². The van der Waals surface area contributed by atoms with Crippen LogP contribution in [0.3, 0.4) is 0 Å². The van der Waals surface area contributed by atoms with Crippen LogP contribution in [0.15, 0.2) is 41.8 Å². The average molecular weight is 416 g/mol. The largest absolute Gasteiger partial charge is 0.497 e. The third-order valence-electron chi connectivity index (χ3n) is 6.50. The average Bonchev–Trinajstić information content (AvgIpc) is 3.34. The summed E-state index contributed by atoms with van der Waals surface area (Å²) in [5.74, 6) is 0.906. The van der Waals surface area contributed by atoms with Crippen molar-refractivity contribution in [1.82, 2.24) is 5.32 Å². The number of benzene rings is 1. The topological polar surface area (TPSA) is 56.8 Å². The molecule has 0 aliphatic carbocycles. The lowest BCUT2D eigenvalue weighted by Crippen LogP contribution is -2.52. The van der Waals surface area contributed by atoms with Gasteiger partial charge in [-0.15, -0.1) is 11.3 Å². The number of carbonyl (C=O) groups excluding carboxylic acids is 1. The molecule has 0 bridgehead atoms. The molecule has 0 unspecified atom stereocenters. The smallest absolute Gasteiger partial charge is 0.230 e. The lowest BCUT2D eigenvalue weighted by Gasteiger charge is -2.40. The van der Waals surface area contributed by atoms with E-state index in [9.17, 15) is 4.79 Å². The number of hydrogen-bond donors (Lipinski definition) is 1. The van der Waals surface area contributed by atoms with Crippen molar-refractivity contribution in [2.75, 3.05) is 40.1 Å². The third-order valence-corrected chi connectivity index (χ3v) is 7.62. The Morgan fingerprint density at radius 1 is 1.03 bits per heavy atom. The molecule has 2 aliphatic heterocycles. The summed E-state index contributed by atoms with van der Waals surface area (Å²) in [6, 6.07) is 12.2. The molecule has 3 heterocycles. The zero-order chi connectivity index (χ0) is 20.2. The fourth-order valence-electron chi connectivity index (χ4n) is 4.55. The third kappa shape index (κ3) is 4.06. The lowest BCUT2D eigenvalue weighted by molar-refractivity contribution is -0.131. The summed E-state index contributed by atoms with van der Waals surface area (Å²) in [5.41, 5.74) is 0.456. The van der Waals surface area contributed by atoms with Crippen molar-refractivity contribution in [2.24, 2.45) is 0 Å². The van der Waals surface area contributed by atoms with Gasteiger partial charge in [-0.3, -0.25) is 4.79 Å². The van der Waals surface area contributed by atoms with Crippen molar-refractivity contribution in [3.8, 4) is 5.75 Å². The Morgan fingerprint density at radius 3 is 2.28 bits per heavy atom. The number of ether oxygens (including phenoxy) is 3. The van der Waals surface area contributed by atoms with E-state index in [1.54, 1.807) is 18.4 Å². The van der Waals surface area contributed by atoms with Crippen LogP contribution >= 0.6 is 11.3 Å². The van der Waals surface area contributed by atoms with Crippen molar-refractivity contribution >= 4 is 17.2 Å². The standard InChI is InChI=1S/C23H29NO4S/c1-26-19-6-4-18(5-7-19)23(10-14-28-15-11-23)21(25)24-17-22(8-12-27-13-9-22)20-3-2-16-29-20/h2-7,16H,8-15,17H2,1H3,(H,24,25). The maximum absolute atomic E-state index is 13.6. The Kier molecular flexibility index (Phi) is 6.23. The van der Waals surface area contributed by atoms with E-state index in [0.29, 0.717) is 32.6 Å². The number of amides is 1. The molecule has 2 aliphatic rings. The predicted octanol–water partition coefficient (Wildman–Crippen LogP) is 3.67. The fourth-order valence-corrected chi connectivity index (χ4v) is 5.54. The number of methoxy groups -OCH3 is 1. The van der Waals surface area contributed by atoms with Crippen LogP contribution in [0.25, 0.3) is 0 Å².